The summed E-state index contributed by atoms with van der Waals surface area (Å²) in [5, 5.41) is 5.63. The minimum absolute atomic E-state index is 0.190. The van der Waals surface area contributed by atoms with Gasteiger partial charge in [-0.15, -0.1) is 0 Å². The summed E-state index contributed by atoms with van der Waals surface area (Å²) in [6.07, 6.45) is 2.82. The molecule has 0 fully saturated rings. The van der Waals surface area contributed by atoms with Crippen LogP contribution in [-0.2, 0) is 11.8 Å². The summed E-state index contributed by atoms with van der Waals surface area (Å²) < 4.78 is 20.6. The summed E-state index contributed by atoms with van der Waals surface area (Å²) in [6, 6.07) is 12.5. The Morgan fingerprint density at radius 3 is 2.55 bits per heavy atom. The number of amides is 1. The Morgan fingerprint density at radius 2 is 1.90 bits per heavy atom. The van der Waals surface area contributed by atoms with Crippen molar-refractivity contribution < 1.29 is 13.9 Å². The number of hydrogen-bond acceptors (Lipinski definition) is 4. The van der Waals surface area contributed by atoms with Crippen LogP contribution in [0.25, 0.3) is 11.1 Å². The van der Waals surface area contributed by atoms with Gasteiger partial charge in [0.1, 0.15) is 23.0 Å². The Kier molecular flexibility index (Phi) is 5.78. The molecule has 29 heavy (non-hydrogen) atoms. The van der Waals surface area contributed by atoms with E-state index in [-0.39, 0.29) is 17.3 Å². The predicted octanol–water partition coefficient (Wildman–Crippen LogP) is 4.15. The highest BCUT2D eigenvalue weighted by atomic mass is 19.1. The summed E-state index contributed by atoms with van der Waals surface area (Å²) in [5.41, 5.74) is 1.90. The molecule has 1 amide bonds. The second-order valence-corrected chi connectivity index (χ2v) is 6.24. The van der Waals surface area contributed by atoms with E-state index in [9.17, 15) is 14.0 Å². The number of carbonyl (C=O) groups excluding carboxylic acids is 1. The van der Waals surface area contributed by atoms with E-state index in [4.69, 9.17) is 4.74 Å². The van der Waals surface area contributed by atoms with Crippen molar-refractivity contribution in [3.8, 4) is 22.6 Å². The number of aryl methyl sites for hydroxylation is 1. The lowest BCUT2D eigenvalue weighted by atomic mass is 10.0. The first-order valence-electron chi connectivity index (χ1n) is 8.81. The summed E-state index contributed by atoms with van der Waals surface area (Å²) >= 11 is 0. The summed E-state index contributed by atoms with van der Waals surface area (Å²) in [4.78, 5) is 24.2. The van der Waals surface area contributed by atoms with Crippen molar-refractivity contribution >= 4 is 17.3 Å². The van der Waals surface area contributed by atoms with E-state index in [2.05, 4.69) is 17.2 Å². The van der Waals surface area contributed by atoms with Crippen molar-refractivity contribution in [2.45, 2.75) is 0 Å². The molecule has 2 N–H and O–H groups in total. The first kappa shape index (κ1) is 19.9. The minimum Gasteiger partial charge on any atom is -0.457 e. The Labute approximate surface area is 167 Å². The number of pyridine rings is 1. The monoisotopic (exact) mass is 393 g/mol. The molecule has 3 rings (SSSR count). The van der Waals surface area contributed by atoms with Gasteiger partial charge >= 0.3 is 0 Å². The van der Waals surface area contributed by atoms with Crippen LogP contribution in [0.15, 0.2) is 72.2 Å². The van der Waals surface area contributed by atoms with Gasteiger partial charge in [0.2, 0.25) is 5.91 Å². The van der Waals surface area contributed by atoms with Crippen LogP contribution in [0.2, 0.25) is 0 Å². The van der Waals surface area contributed by atoms with E-state index in [1.54, 1.807) is 44.6 Å². The number of carbonyl (C=O) groups is 1. The van der Waals surface area contributed by atoms with E-state index in [1.165, 1.54) is 28.8 Å². The maximum absolute atomic E-state index is 13.2. The quantitative estimate of drug-likeness (QED) is 0.617. The third kappa shape index (κ3) is 4.35. The molecule has 0 saturated carbocycles. The molecule has 0 aliphatic carbocycles. The summed E-state index contributed by atoms with van der Waals surface area (Å²) in [6.45, 7) is 3.48. The molecule has 3 aromatic rings. The van der Waals surface area contributed by atoms with Crippen LogP contribution in [0.4, 0.5) is 15.8 Å². The number of anilines is 2. The fourth-order valence-electron chi connectivity index (χ4n) is 2.86. The highest BCUT2D eigenvalue weighted by molar-refractivity contribution is 6.02. The van der Waals surface area contributed by atoms with E-state index >= 15 is 0 Å². The van der Waals surface area contributed by atoms with Gasteiger partial charge in [-0.2, -0.15) is 0 Å². The van der Waals surface area contributed by atoms with Crippen molar-refractivity contribution in [3.05, 3.63) is 83.6 Å². The van der Waals surface area contributed by atoms with Gasteiger partial charge in [-0.25, -0.2) is 4.39 Å². The Balaban J connectivity index is 2.19. The van der Waals surface area contributed by atoms with Crippen LogP contribution in [0.5, 0.6) is 11.5 Å². The van der Waals surface area contributed by atoms with E-state index in [0.29, 0.717) is 34.0 Å². The van der Waals surface area contributed by atoms with Gasteiger partial charge in [-0.3, -0.25) is 9.59 Å². The lowest BCUT2D eigenvalue weighted by Crippen LogP contribution is -2.19. The maximum atomic E-state index is 13.2. The molecule has 0 radical (unpaired) electrons. The number of ether oxygens (including phenoxy) is 1. The molecule has 0 spiro atoms. The third-order valence-electron chi connectivity index (χ3n) is 4.25. The van der Waals surface area contributed by atoms with Crippen molar-refractivity contribution in [2.75, 3.05) is 17.7 Å². The zero-order chi connectivity index (χ0) is 21.0. The number of hydrogen-bond donors (Lipinski definition) is 2. The van der Waals surface area contributed by atoms with Crippen LogP contribution in [0, 0.1) is 5.82 Å². The molecule has 1 heterocycles. The number of benzene rings is 2. The molecule has 0 bridgehead atoms. The topological polar surface area (TPSA) is 72.4 Å². The van der Waals surface area contributed by atoms with Crippen LogP contribution in [0.1, 0.15) is 0 Å². The van der Waals surface area contributed by atoms with Crippen molar-refractivity contribution in [2.24, 2.45) is 7.05 Å². The van der Waals surface area contributed by atoms with Crippen molar-refractivity contribution in [3.63, 3.8) is 0 Å². The molecule has 0 unspecified atom stereocenters. The molecular formula is C22H20FN3O3. The first-order chi connectivity index (χ1) is 13.9. The molecule has 0 aliphatic rings. The smallest absolute Gasteiger partial charge is 0.273 e. The standard InChI is InChI=1S/C22H20FN3O3/c1-4-20(27)25-17-6-5-7-19(29-16-10-8-15(23)9-11-16)21(17)14-12-18(24-2)22(28)26(3)13-14/h4-13,24H,1H2,2-3H3,(H,25,27). The normalized spacial score (nSPS) is 10.3. The van der Waals surface area contributed by atoms with Crippen LogP contribution < -0.4 is 20.9 Å². The molecule has 0 saturated heterocycles. The lowest BCUT2D eigenvalue weighted by molar-refractivity contribution is -0.111. The Morgan fingerprint density at radius 1 is 1.17 bits per heavy atom. The average molecular weight is 393 g/mol. The molecule has 148 valence electrons. The molecule has 6 nitrogen and oxygen atoms in total. The maximum Gasteiger partial charge on any atom is 0.273 e. The van der Waals surface area contributed by atoms with Crippen molar-refractivity contribution in [1.29, 1.82) is 0 Å². The number of nitrogens with one attached hydrogen (secondary N) is 2. The highest BCUT2D eigenvalue weighted by Gasteiger charge is 2.16. The zero-order valence-corrected chi connectivity index (χ0v) is 16.0. The average Bonchev–Trinajstić information content (AvgIpc) is 2.72. The summed E-state index contributed by atoms with van der Waals surface area (Å²) in [7, 11) is 3.29. The zero-order valence-electron chi connectivity index (χ0n) is 16.0. The van der Waals surface area contributed by atoms with Gasteiger partial charge in [0.05, 0.1) is 5.69 Å². The van der Waals surface area contributed by atoms with Gasteiger partial charge in [-0.05, 0) is 48.5 Å². The van der Waals surface area contributed by atoms with Crippen LogP contribution in [0.3, 0.4) is 0 Å². The molecule has 1 aromatic heterocycles. The largest absolute Gasteiger partial charge is 0.457 e. The number of rotatable bonds is 6. The fraction of sp³-hybridized carbons (Fsp3) is 0.0909. The third-order valence-corrected chi connectivity index (χ3v) is 4.25. The van der Waals surface area contributed by atoms with Gasteiger partial charge < -0.3 is 19.9 Å². The molecule has 0 atom stereocenters. The SMILES string of the molecule is C=CC(=O)Nc1cccc(Oc2ccc(F)cc2)c1-c1cc(NC)c(=O)n(C)c1. The number of nitrogens with zero attached hydrogens (tertiary/aromatic N) is 1. The predicted molar refractivity (Wildman–Crippen MR) is 112 cm³/mol. The summed E-state index contributed by atoms with van der Waals surface area (Å²) in [5.74, 6) is 0.0998. The van der Waals surface area contributed by atoms with Gasteiger partial charge in [0.15, 0.2) is 0 Å². The Bertz CT molecular complexity index is 1120. The number of aromatic nitrogens is 1. The molecule has 0 aliphatic heterocycles. The first-order valence-corrected chi connectivity index (χ1v) is 8.81. The van der Waals surface area contributed by atoms with Gasteiger partial charge in [0, 0.05) is 31.4 Å². The molecule has 2 aromatic carbocycles. The van der Waals surface area contributed by atoms with Crippen LogP contribution in [-0.4, -0.2) is 17.5 Å². The van der Waals surface area contributed by atoms with Crippen molar-refractivity contribution in [1.82, 2.24) is 4.57 Å². The lowest BCUT2D eigenvalue weighted by Gasteiger charge is -2.17. The van der Waals surface area contributed by atoms with E-state index in [1.807, 2.05) is 0 Å². The Hall–Kier alpha value is -3.87. The fourth-order valence-corrected chi connectivity index (χ4v) is 2.86. The molecular weight excluding hydrogens is 373 g/mol. The minimum atomic E-state index is -0.385. The van der Waals surface area contributed by atoms with Crippen LogP contribution >= 0.6 is 0 Å². The van der Waals surface area contributed by atoms with E-state index < -0.39 is 0 Å². The van der Waals surface area contributed by atoms with Gasteiger partial charge in [0.25, 0.3) is 5.56 Å². The highest BCUT2D eigenvalue weighted by Crippen LogP contribution is 2.39. The molecule has 7 heteroatoms. The van der Waals surface area contributed by atoms with E-state index in [0.717, 1.165) is 6.08 Å². The number of halogens is 1. The van der Waals surface area contributed by atoms with Gasteiger partial charge in [-0.1, -0.05) is 12.6 Å². The second-order valence-electron chi connectivity index (χ2n) is 6.24. The second kappa shape index (κ2) is 8.43.